The van der Waals surface area contributed by atoms with Crippen LogP contribution in [0.25, 0.3) is 0 Å². The first-order valence-corrected chi connectivity index (χ1v) is 9.10. The SMILES string of the molecule is C=C/C=C(\C=C/C)C(C#N)(CC(C)NC(=O)OC(C)(C)C)c1ccccc1. The molecule has 1 N–H and O–H groups in total. The van der Waals surface area contributed by atoms with Gasteiger partial charge in [-0.15, -0.1) is 0 Å². The van der Waals surface area contributed by atoms with Crippen LogP contribution in [0.15, 0.2) is 66.8 Å². The molecule has 0 saturated heterocycles. The average Bonchev–Trinajstić information content (AvgIpc) is 2.58. The lowest BCUT2D eigenvalue weighted by Crippen LogP contribution is -2.42. The van der Waals surface area contributed by atoms with Crippen molar-refractivity contribution in [2.75, 3.05) is 0 Å². The van der Waals surface area contributed by atoms with E-state index in [4.69, 9.17) is 4.74 Å². The summed E-state index contributed by atoms with van der Waals surface area (Å²) in [4.78, 5) is 12.1. The standard InChI is InChI=1S/C23H30N2O2/c1-7-12-19(13-8-2)23(17-24,20-14-10-9-11-15-20)16-18(3)25-21(26)27-22(4,5)6/h7-15,18H,1,16H2,2-6H3,(H,25,26)/b13-8-,19-12+. The summed E-state index contributed by atoms with van der Waals surface area (Å²) in [5.41, 5.74) is 0.202. The number of amides is 1. The summed E-state index contributed by atoms with van der Waals surface area (Å²) < 4.78 is 5.34. The fourth-order valence-electron chi connectivity index (χ4n) is 2.97. The number of nitrogens with zero attached hydrogens (tertiary/aromatic N) is 1. The number of nitriles is 1. The second-order valence-electron chi connectivity index (χ2n) is 7.49. The Morgan fingerprint density at radius 3 is 2.44 bits per heavy atom. The number of alkyl carbamates (subject to hydrolysis) is 1. The minimum absolute atomic E-state index is 0.279. The maximum Gasteiger partial charge on any atom is 0.407 e. The van der Waals surface area contributed by atoms with Gasteiger partial charge in [0, 0.05) is 6.04 Å². The van der Waals surface area contributed by atoms with E-state index in [9.17, 15) is 10.1 Å². The molecule has 2 unspecified atom stereocenters. The predicted molar refractivity (Wildman–Crippen MR) is 110 cm³/mol. The molecular formula is C23H30N2O2. The normalized spacial score (nSPS) is 15.5. The van der Waals surface area contributed by atoms with E-state index in [1.165, 1.54) is 0 Å². The number of ether oxygens (including phenoxy) is 1. The highest BCUT2D eigenvalue weighted by molar-refractivity contribution is 5.68. The summed E-state index contributed by atoms with van der Waals surface area (Å²) in [7, 11) is 0. The van der Waals surface area contributed by atoms with Crippen molar-refractivity contribution >= 4 is 6.09 Å². The Morgan fingerprint density at radius 1 is 1.33 bits per heavy atom. The van der Waals surface area contributed by atoms with Gasteiger partial charge in [0.05, 0.1) is 6.07 Å². The van der Waals surface area contributed by atoms with Gasteiger partial charge in [-0.2, -0.15) is 5.26 Å². The van der Waals surface area contributed by atoms with Crippen molar-refractivity contribution in [3.8, 4) is 6.07 Å². The summed E-state index contributed by atoms with van der Waals surface area (Å²) in [5, 5.41) is 13.1. The van der Waals surface area contributed by atoms with Gasteiger partial charge in [-0.05, 0) is 52.2 Å². The first-order chi connectivity index (χ1) is 12.7. The molecule has 0 radical (unpaired) electrons. The zero-order chi connectivity index (χ0) is 20.5. The van der Waals surface area contributed by atoms with Crippen molar-refractivity contribution in [1.82, 2.24) is 5.32 Å². The molecule has 27 heavy (non-hydrogen) atoms. The van der Waals surface area contributed by atoms with Crippen LogP contribution in [0.5, 0.6) is 0 Å². The van der Waals surface area contributed by atoms with Crippen LogP contribution in [0.2, 0.25) is 0 Å². The van der Waals surface area contributed by atoms with Crippen molar-refractivity contribution in [3.05, 3.63) is 72.4 Å². The van der Waals surface area contributed by atoms with Crippen LogP contribution in [0.4, 0.5) is 4.79 Å². The van der Waals surface area contributed by atoms with Gasteiger partial charge in [-0.3, -0.25) is 0 Å². The zero-order valence-corrected chi connectivity index (χ0v) is 17.0. The topological polar surface area (TPSA) is 62.1 Å². The first kappa shape index (κ1) is 22.2. The van der Waals surface area contributed by atoms with Gasteiger partial charge < -0.3 is 10.1 Å². The third kappa shape index (κ3) is 6.45. The molecule has 0 aliphatic carbocycles. The monoisotopic (exact) mass is 366 g/mol. The number of hydrogen-bond acceptors (Lipinski definition) is 3. The van der Waals surface area contributed by atoms with Crippen molar-refractivity contribution in [2.45, 2.75) is 58.1 Å². The highest BCUT2D eigenvalue weighted by atomic mass is 16.6. The number of benzene rings is 1. The van der Waals surface area contributed by atoms with Crippen LogP contribution in [0, 0.1) is 11.3 Å². The van der Waals surface area contributed by atoms with Gasteiger partial charge in [-0.25, -0.2) is 4.79 Å². The number of nitrogens with one attached hydrogen (secondary N) is 1. The number of carbonyl (C=O) groups excluding carboxylic acids is 1. The molecule has 0 aliphatic heterocycles. The van der Waals surface area contributed by atoms with E-state index >= 15 is 0 Å². The van der Waals surface area contributed by atoms with Gasteiger partial charge in [0.25, 0.3) is 0 Å². The van der Waals surface area contributed by atoms with Crippen molar-refractivity contribution in [2.24, 2.45) is 0 Å². The fourth-order valence-corrected chi connectivity index (χ4v) is 2.97. The van der Waals surface area contributed by atoms with Gasteiger partial charge in [0.1, 0.15) is 11.0 Å². The lowest BCUT2D eigenvalue weighted by atomic mass is 9.70. The molecular weight excluding hydrogens is 336 g/mol. The summed E-state index contributed by atoms with van der Waals surface area (Å²) in [5.74, 6) is 0. The van der Waals surface area contributed by atoms with E-state index in [0.29, 0.717) is 6.42 Å². The third-order valence-electron chi connectivity index (χ3n) is 3.97. The summed E-state index contributed by atoms with van der Waals surface area (Å²) >= 11 is 0. The van der Waals surface area contributed by atoms with Gasteiger partial charge >= 0.3 is 6.09 Å². The van der Waals surface area contributed by atoms with Gasteiger partial charge in [0.2, 0.25) is 0 Å². The fraction of sp³-hybridized carbons (Fsp3) is 0.391. The highest BCUT2D eigenvalue weighted by Crippen LogP contribution is 2.37. The minimum atomic E-state index is -0.920. The second-order valence-corrected chi connectivity index (χ2v) is 7.49. The zero-order valence-electron chi connectivity index (χ0n) is 17.0. The lowest BCUT2D eigenvalue weighted by Gasteiger charge is -2.32. The van der Waals surface area contributed by atoms with E-state index < -0.39 is 17.1 Å². The molecule has 0 saturated carbocycles. The average molecular weight is 367 g/mol. The van der Waals surface area contributed by atoms with Crippen LogP contribution in [0.1, 0.15) is 46.6 Å². The molecule has 1 aromatic carbocycles. The minimum Gasteiger partial charge on any atom is -0.444 e. The maximum absolute atomic E-state index is 12.1. The Labute approximate surface area is 163 Å². The molecule has 4 heteroatoms. The largest absolute Gasteiger partial charge is 0.444 e. The molecule has 0 heterocycles. The Bertz CT molecular complexity index is 736. The van der Waals surface area contributed by atoms with Crippen molar-refractivity contribution in [1.29, 1.82) is 5.26 Å². The van der Waals surface area contributed by atoms with Crippen LogP contribution >= 0.6 is 0 Å². The quantitative estimate of drug-likeness (QED) is 0.654. The molecule has 0 spiro atoms. The second kappa shape index (κ2) is 9.78. The molecule has 0 bridgehead atoms. The Hall–Kier alpha value is -2.80. The summed E-state index contributed by atoms with van der Waals surface area (Å²) in [6.45, 7) is 13.0. The molecule has 1 aromatic rings. The van der Waals surface area contributed by atoms with Crippen LogP contribution in [0.3, 0.4) is 0 Å². The number of hydrogen-bond donors (Lipinski definition) is 1. The molecule has 0 fully saturated rings. The highest BCUT2D eigenvalue weighted by Gasteiger charge is 2.37. The van der Waals surface area contributed by atoms with Crippen LogP contribution in [-0.2, 0) is 10.2 Å². The number of allylic oxidation sites excluding steroid dienone is 5. The molecule has 4 nitrogen and oxygen atoms in total. The van der Waals surface area contributed by atoms with E-state index in [-0.39, 0.29) is 6.04 Å². The van der Waals surface area contributed by atoms with E-state index in [1.807, 2.05) is 83.2 Å². The molecule has 1 amide bonds. The lowest BCUT2D eigenvalue weighted by molar-refractivity contribution is 0.0503. The maximum atomic E-state index is 12.1. The molecule has 0 aromatic heterocycles. The Balaban J connectivity index is 3.27. The Kier molecular flexibility index (Phi) is 8.05. The molecule has 1 rings (SSSR count). The molecule has 2 atom stereocenters. The number of carbonyl (C=O) groups is 1. The third-order valence-corrected chi connectivity index (χ3v) is 3.97. The molecule has 144 valence electrons. The van der Waals surface area contributed by atoms with Gasteiger partial charge in [0.15, 0.2) is 0 Å². The summed E-state index contributed by atoms with van der Waals surface area (Å²) in [6.07, 6.45) is 7.24. The van der Waals surface area contributed by atoms with E-state index in [1.54, 1.807) is 6.08 Å². The number of rotatable bonds is 7. The van der Waals surface area contributed by atoms with E-state index in [0.717, 1.165) is 11.1 Å². The van der Waals surface area contributed by atoms with Crippen LogP contribution < -0.4 is 5.32 Å². The Morgan fingerprint density at radius 2 is 1.96 bits per heavy atom. The summed E-state index contributed by atoms with van der Waals surface area (Å²) in [6, 6.07) is 11.8. The van der Waals surface area contributed by atoms with E-state index in [2.05, 4.69) is 18.0 Å². The van der Waals surface area contributed by atoms with Crippen LogP contribution in [-0.4, -0.2) is 17.7 Å². The smallest absolute Gasteiger partial charge is 0.407 e. The van der Waals surface area contributed by atoms with Crippen molar-refractivity contribution in [3.63, 3.8) is 0 Å². The van der Waals surface area contributed by atoms with Crippen molar-refractivity contribution < 1.29 is 9.53 Å². The first-order valence-electron chi connectivity index (χ1n) is 9.10. The predicted octanol–water partition coefficient (Wildman–Crippen LogP) is 5.44. The van der Waals surface area contributed by atoms with Gasteiger partial charge in [-0.1, -0.05) is 61.2 Å². The molecule has 0 aliphatic rings.